The van der Waals surface area contributed by atoms with E-state index in [9.17, 15) is 9.59 Å². The number of H-pyrrole nitrogens is 1. The van der Waals surface area contributed by atoms with Gasteiger partial charge < -0.3 is 13.9 Å². The van der Waals surface area contributed by atoms with Gasteiger partial charge in [0.1, 0.15) is 0 Å². The number of benzene rings is 2. The first kappa shape index (κ1) is 25.8. The molecule has 3 aromatic rings. The van der Waals surface area contributed by atoms with Gasteiger partial charge in [-0.1, -0.05) is 104 Å². The fourth-order valence-corrected chi connectivity index (χ4v) is 9.46. The standard InChI is InChI=1S/C26H29IN2O5Si/c1-26(2,3)35(20-10-6-4-7-11-20,21-12-8-5-9-13-21)33-18-23-32-17-22(34-23)29-16-19(14-15-27)24(30)28-25(29)31/h4-16,22-23H,17-18H2,1-3H3,(H,28,30,31)/t22-,23+/m1/s1. The molecule has 0 bridgehead atoms. The van der Waals surface area contributed by atoms with Crippen molar-refractivity contribution in [3.63, 3.8) is 0 Å². The van der Waals surface area contributed by atoms with Crippen molar-refractivity contribution in [2.45, 2.75) is 38.3 Å². The van der Waals surface area contributed by atoms with Gasteiger partial charge >= 0.3 is 5.69 Å². The Morgan fingerprint density at radius 2 is 1.69 bits per heavy atom. The second-order valence-electron chi connectivity index (χ2n) is 9.37. The molecule has 1 aromatic heterocycles. The third-order valence-electron chi connectivity index (χ3n) is 6.13. The van der Waals surface area contributed by atoms with E-state index in [1.54, 1.807) is 10.2 Å². The minimum atomic E-state index is -2.74. The summed E-state index contributed by atoms with van der Waals surface area (Å²) >= 11 is 2.02. The molecule has 7 nitrogen and oxygen atoms in total. The molecule has 1 fully saturated rings. The molecule has 35 heavy (non-hydrogen) atoms. The summed E-state index contributed by atoms with van der Waals surface area (Å²) in [5, 5.41) is 2.16. The Hall–Kier alpha value is -2.31. The molecule has 184 valence electrons. The highest BCUT2D eigenvalue weighted by Crippen LogP contribution is 2.37. The zero-order valence-corrected chi connectivity index (χ0v) is 23.1. The van der Waals surface area contributed by atoms with Crippen LogP contribution in [0.25, 0.3) is 6.08 Å². The Morgan fingerprint density at radius 1 is 1.09 bits per heavy atom. The summed E-state index contributed by atoms with van der Waals surface area (Å²) in [5.41, 5.74) is -0.609. The van der Waals surface area contributed by atoms with E-state index in [1.165, 1.54) is 21.1 Å². The Balaban J connectivity index is 1.61. The number of nitrogens with one attached hydrogen (secondary N) is 1. The first-order valence-corrected chi connectivity index (χ1v) is 14.6. The van der Waals surface area contributed by atoms with Crippen LogP contribution in [-0.4, -0.2) is 37.4 Å². The Morgan fingerprint density at radius 3 is 2.23 bits per heavy atom. The molecule has 2 heterocycles. The van der Waals surface area contributed by atoms with Gasteiger partial charge in [0.25, 0.3) is 13.9 Å². The average molecular weight is 605 g/mol. The number of halogens is 1. The highest BCUT2D eigenvalue weighted by Gasteiger charge is 2.50. The van der Waals surface area contributed by atoms with Crippen molar-refractivity contribution in [2.75, 3.05) is 13.2 Å². The van der Waals surface area contributed by atoms with E-state index in [0.717, 1.165) is 0 Å². The molecule has 0 saturated carbocycles. The molecular formula is C26H29IN2O5Si. The Kier molecular flexibility index (Phi) is 7.91. The van der Waals surface area contributed by atoms with E-state index in [2.05, 4.69) is 50.0 Å². The second-order valence-corrected chi connectivity index (χ2v) is 14.4. The lowest BCUT2D eigenvalue weighted by Crippen LogP contribution is -2.67. The second kappa shape index (κ2) is 10.7. The minimum absolute atomic E-state index is 0.175. The van der Waals surface area contributed by atoms with Crippen molar-refractivity contribution in [1.82, 2.24) is 9.55 Å². The van der Waals surface area contributed by atoms with Crippen LogP contribution >= 0.6 is 22.6 Å². The molecule has 2 atom stereocenters. The van der Waals surface area contributed by atoms with Crippen molar-refractivity contribution in [1.29, 1.82) is 0 Å². The SMILES string of the molecule is CC(C)(C)[Si](OC[C@H]1OC[C@H](n2cc(C=CI)c(=O)[nH]c2=O)O1)(c1ccccc1)c1ccccc1. The normalized spacial score (nSPS) is 18.9. The number of aromatic nitrogens is 2. The molecule has 9 heteroatoms. The zero-order valence-electron chi connectivity index (χ0n) is 19.9. The zero-order chi connectivity index (χ0) is 25.1. The summed E-state index contributed by atoms with van der Waals surface area (Å²) in [6.07, 6.45) is 1.82. The topological polar surface area (TPSA) is 82.5 Å². The van der Waals surface area contributed by atoms with Crippen LogP contribution < -0.4 is 21.6 Å². The highest BCUT2D eigenvalue weighted by atomic mass is 127. The van der Waals surface area contributed by atoms with Gasteiger partial charge in [0.2, 0.25) is 0 Å². The Labute approximate surface area is 219 Å². The first-order chi connectivity index (χ1) is 16.8. The Bertz CT molecular complexity index is 1250. The summed E-state index contributed by atoms with van der Waals surface area (Å²) in [6, 6.07) is 20.7. The summed E-state index contributed by atoms with van der Waals surface area (Å²) in [7, 11) is -2.74. The minimum Gasteiger partial charge on any atom is -0.402 e. The first-order valence-electron chi connectivity index (χ1n) is 11.4. The maximum Gasteiger partial charge on any atom is 0.330 e. The van der Waals surface area contributed by atoms with Crippen LogP contribution in [0.3, 0.4) is 0 Å². The molecule has 0 aliphatic carbocycles. The van der Waals surface area contributed by atoms with Crippen LogP contribution in [-0.2, 0) is 13.9 Å². The van der Waals surface area contributed by atoms with Crippen LogP contribution in [0.1, 0.15) is 32.6 Å². The lowest BCUT2D eigenvalue weighted by molar-refractivity contribution is -0.0956. The van der Waals surface area contributed by atoms with Crippen molar-refractivity contribution >= 4 is 47.4 Å². The molecule has 0 spiro atoms. The maximum atomic E-state index is 12.4. The average Bonchev–Trinajstić information content (AvgIpc) is 3.30. The van der Waals surface area contributed by atoms with Crippen molar-refractivity contribution in [2.24, 2.45) is 0 Å². The van der Waals surface area contributed by atoms with E-state index in [4.69, 9.17) is 13.9 Å². The van der Waals surface area contributed by atoms with Crippen molar-refractivity contribution in [3.8, 4) is 0 Å². The predicted molar refractivity (Wildman–Crippen MR) is 148 cm³/mol. The lowest BCUT2D eigenvalue weighted by atomic mass is 10.2. The molecular weight excluding hydrogens is 575 g/mol. The lowest BCUT2D eigenvalue weighted by Gasteiger charge is -2.43. The fourth-order valence-electron chi connectivity index (χ4n) is 4.53. The number of hydrogen-bond acceptors (Lipinski definition) is 5. The summed E-state index contributed by atoms with van der Waals surface area (Å²) in [5.74, 6) is 0. The highest BCUT2D eigenvalue weighted by molar-refractivity contribution is 14.1. The number of aromatic amines is 1. The van der Waals surface area contributed by atoms with Gasteiger partial charge in [-0.25, -0.2) is 4.79 Å². The molecule has 4 rings (SSSR count). The smallest absolute Gasteiger partial charge is 0.330 e. The third kappa shape index (κ3) is 5.29. The maximum absolute atomic E-state index is 12.4. The van der Waals surface area contributed by atoms with Crippen LogP contribution in [0.4, 0.5) is 0 Å². The molecule has 0 amide bonds. The van der Waals surface area contributed by atoms with E-state index in [1.807, 2.05) is 59.0 Å². The van der Waals surface area contributed by atoms with Crippen molar-refractivity contribution in [3.05, 3.63) is 97.3 Å². The van der Waals surface area contributed by atoms with E-state index in [0.29, 0.717) is 5.56 Å². The van der Waals surface area contributed by atoms with E-state index in [-0.39, 0.29) is 18.3 Å². The van der Waals surface area contributed by atoms with Gasteiger partial charge in [-0.05, 0) is 25.6 Å². The number of rotatable bonds is 7. The van der Waals surface area contributed by atoms with Crippen LogP contribution in [0.5, 0.6) is 0 Å². The molecule has 1 aliphatic rings. The van der Waals surface area contributed by atoms with Gasteiger partial charge in [-0.2, -0.15) is 0 Å². The van der Waals surface area contributed by atoms with E-state index < -0.39 is 32.1 Å². The van der Waals surface area contributed by atoms with Gasteiger partial charge in [0, 0.05) is 6.20 Å². The third-order valence-corrected chi connectivity index (χ3v) is 11.5. The van der Waals surface area contributed by atoms with Crippen LogP contribution in [0, 0.1) is 0 Å². The fraction of sp³-hybridized carbons (Fsp3) is 0.308. The molecule has 1 saturated heterocycles. The van der Waals surface area contributed by atoms with Gasteiger partial charge in [0.15, 0.2) is 12.5 Å². The number of nitrogens with zero attached hydrogens (tertiary/aromatic N) is 1. The summed E-state index contributed by atoms with van der Waals surface area (Å²) < 4.78 is 21.9. The summed E-state index contributed by atoms with van der Waals surface area (Å²) in [6.45, 7) is 7.01. The molecule has 1 aliphatic heterocycles. The quantitative estimate of drug-likeness (QED) is 0.331. The number of hydrogen-bond donors (Lipinski definition) is 1. The van der Waals surface area contributed by atoms with Gasteiger partial charge in [-0.3, -0.25) is 14.3 Å². The van der Waals surface area contributed by atoms with Crippen LogP contribution in [0.2, 0.25) is 5.04 Å². The van der Waals surface area contributed by atoms with E-state index >= 15 is 0 Å². The largest absolute Gasteiger partial charge is 0.402 e. The van der Waals surface area contributed by atoms with Crippen molar-refractivity contribution < 1.29 is 13.9 Å². The monoisotopic (exact) mass is 604 g/mol. The van der Waals surface area contributed by atoms with Crippen LogP contribution in [0.15, 0.2) is 80.5 Å². The molecule has 0 unspecified atom stereocenters. The van der Waals surface area contributed by atoms with Gasteiger partial charge in [-0.15, -0.1) is 0 Å². The van der Waals surface area contributed by atoms with Gasteiger partial charge in [0.05, 0.1) is 18.8 Å². The molecule has 1 N–H and O–H groups in total. The predicted octanol–water partition coefficient (Wildman–Crippen LogP) is 3.39. The summed E-state index contributed by atoms with van der Waals surface area (Å²) in [4.78, 5) is 26.8. The molecule has 2 aromatic carbocycles. The number of ether oxygens (including phenoxy) is 2. The molecule has 0 radical (unpaired) electrons.